The predicted molar refractivity (Wildman–Crippen MR) is 54.8 cm³/mol. The van der Waals surface area contributed by atoms with Gasteiger partial charge in [-0.3, -0.25) is 9.59 Å². The standard InChI is InChI=1S/C9H19N3O2/c1-7(2)12-9(14)6-11-5-4-8(13)10-3/h7,11H,4-6H2,1-3H3,(H,10,13)(H,12,14). The molecule has 0 saturated carbocycles. The molecule has 14 heavy (non-hydrogen) atoms. The second-order valence-electron chi connectivity index (χ2n) is 3.32. The highest BCUT2D eigenvalue weighted by Crippen LogP contribution is 1.77. The molecule has 82 valence electrons. The molecule has 0 heterocycles. The fourth-order valence-corrected chi connectivity index (χ4v) is 0.902. The van der Waals surface area contributed by atoms with Gasteiger partial charge in [-0.1, -0.05) is 0 Å². The first-order valence-electron chi connectivity index (χ1n) is 4.77. The molecular weight excluding hydrogens is 182 g/mol. The first kappa shape index (κ1) is 12.9. The minimum Gasteiger partial charge on any atom is -0.359 e. The molecule has 0 aliphatic rings. The molecule has 0 aromatic rings. The van der Waals surface area contributed by atoms with Crippen LogP contribution < -0.4 is 16.0 Å². The monoisotopic (exact) mass is 201 g/mol. The number of carbonyl (C=O) groups excluding carboxylic acids is 2. The Hall–Kier alpha value is -1.10. The smallest absolute Gasteiger partial charge is 0.234 e. The summed E-state index contributed by atoms with van der Waals surface area (Å²) < 4.78 is 0. The van der Waals surface area contributed by atoms with Crippen molar-refractivity contribution >= 4 is 11.8 Å². The number of hydrogen-bond acceptors (Lipinski definition) is 3. The van der Waals surface area contributed by atoms with E-state index in [1.807, 2.05) is 13.8 Å². The fraction of sp³-hybridized carbons (Fsp3) is 0.778. The third-order valence-electron chi connectivity index (χ3n) is 1.54. The van der Waals surface area contributed by atoms with Gasteiger partial charge in [0.1, 0.15) is 0 Å². The Bertz CT molecular complexity index is 192. The van der Waals surface area contributed by atoms with Crippen LogP contribution in [0.25, 0.3) is 0 Å². The van der Waals surface area contributed by atoms with E-state index in [0.29, 0.717) is 13.0 Å². The van der Waals surface area contributed by atoms with Crippen molar-refractivity contribution in [1.29, 1.82) is 0 Å². The van der Waals surface area contributed by atoms with Gasteiger partial charge in [0.25, 0.3) is 0 Å². The Morgan fingerprint density at radius 3 is 2.36 bits per heavy atom. The van der Waals surface area contributed by atoms with Crippen molar-refractivity contribution in [2.45, 2.75) is 26.3 Å². The molecule has 0 saturated heterocycles. The fourth-order valence-electron chi connectivity index (χ4n) is 0.902. The Morgan fingerprint density at radius 1 is 1.21 bits per heavy atom. The summed E-state index contributed by atoms with van der Waals surface area (Å²) in [6.07, 6.45) is 0.394. The van der Waals surface area contributed by atoms with Gasteiger partial charge in [-0.05, 0) is 13.8 Å². The molecule has 2 amide bonds. The highest BCUT2D eigenvalue weighted by molar-refractivity contribution is 5.78. The van der Waals surface area contributed by atoms with E-state index in [9.17, 15) is 9.59 Å². The molecule has 0 aromatic heterocycles. The number of rotatable bonds is 6. The van der Waals surface area contributed by atoms with Crippen LogP contribution in [0.2, 0.25) is 0 Å². The molecule has 0 rings (SSSR count). The summed E-state index contributed by atoms with van der Waals surface area (Å²) >= 11 is 0. The maximum atomic E-state index is 11.1. The molecule has 0 spiro atoms. The van der Waals surface area contributed by atoms with Crippen LogP contribution in [0.15, 0.2) is 0 Å². The number of nitrogens with one attached hydrogen (secondary N) is 3. The Balaban J connectivity index is 3.36. The highest BCUT2D eigenvalue weighted by atomic mass is 16.2. The minimum absolute atomic E-state index is 0.0261. The summed E-state index contributed by atoms with van der Waals surface area (Å²) in [6.45, 7) is 4.59. The summed E-state index contributed by atoms with van der Waals surface area (Å²) in [5.74, 6) is -0.0707. The van der Waals surface area contributed by atoms with Gasteiger partial charge in [-0.2, -0.15) is 0 Å². The molecule has 5 nitrogen and oxygen atoms in total. The zero-order valence-corrected chi connectivity index (χ0v) is 9.02. The Kier molecular flexibility index (Phi) is 6.74. The average Bonchev–Trinajstić information content (AvgIpc) is 2.10. The molecule has 0 fully saturated rings. The molecular formula is C9H19N3O2. The lowest BCUT2D eigenvalue weighted by Crippen LogP contribution is -2.38. The van der Waals surface area contributed by atoms with Gasteiger partial charge in [0, 0.05) is 26.1 Å². The van der Waals surface area contributed by atoms with Crippen LogP contribution in [0.3, 0.4) is 0 Å². The van der Waals surface area contributed by atoms with Crippen molar-refractivity contribution < 1.29 is 9.59 Å². The van der Waals surface area contributed by atoms with Crippen molar-refractivity contribution in [2.75, 3.05) is 20.1 Å². The summed E-state index contributed by atoms with van der Waals surface area (Å²) in [4.78, 5) is 21.9. The van der Waals surface area contributed by atoms with Crippen molar-refractivity contribution in [2.24, 2.45) is 0 Å². The van der Waals surface area contributed by atoms with Crippen LogP contribution in [-0.2, 0) is 9.59 Å². The van der Waals surface area contributed by atoms with Crippen molar-refractivity contribution in [3.63, 3.8) is 0 Å². The second kappa shape index (κ2) is 7.32. The SMILES string of the molecule is CNC(=O)CCNCC(=O)NC(C)C. The minimum atomic E-state index is -0.0445. The van der Waals surface area contributed by atoms with Gasteiger partial charge in [0.2, 0.25) is 11.8 Å². The van der Waals surface area contributed by atoms with E-state index in [-0.39, 0.29) is 24.4 Å². The van der Waals surface area contributed by atoms with Gasteiger partial charge in [0.15, 0.2) is 0 Å². The van der Waals surface area contributed by atoms with Crippen LogP contribution in [0.1, 0.15) is 20.3 Å². The van der Waals surface area contributed by atoms with Gasteiger partial charge in [-0.15, -0.1) is 0 Å². The maximum Gasteiger partial charge on any atom is 0.234 e. The van der Waals surface area contributed by atoms with Crippen molar-refractivity contribution in [3.05, 3.63) is 0 Å². The van der Waals surface area contributed by atoms with Gasteiger partial charge in [-0.25, -0.2) is 0 Å². The van der Waals surface area contributed by atoms with E-state index >= 15 is 0 Å². The third kappa shape index (κ3) is 7.54. The van der Waals surface area contributed by atoms with Crippen LogP contribution in [0.5, 0.6) is 0 Å². The van der Waals surface area contributed by atoms with E-state index < -0.39 is 0 Å². The lowest BCUT2D eigenvalue weighted by molar-refractivity contribution is -0.122. The summed E-state index contributed by atoms with van der Waals surface area (Å²) in [5, 5.41) is 8.13. The molecule has 0 radical (unpaired) electrons. The van der Waals surface area contributed by atoms with Crippen LogP contribution in [-0.4, -0.2) is 38.0 Å². The maximum absolute atomic E-state index is 11.1. The quantitative estimate of drug-likeness (QED) is 0.495. The largest absolute Gasteiger partial charge is 0.359 e. The van der Waals surface area contributed by atoms with E-state index in [0.717, 1.165) is 0 Å². The van der Waals surface area contributed by atoms with Crippen LogP contribution >= 0.6 is 0 Å². The van der Waals surface area contributed by atoms with E-state index in [1.54, 1.807) is 7.05 Å². The zero-order chi connectivity index (χ0) is 11.0. The van der Waals surface area contributed by atoms with Crippen LogP contribution in [0.4, 0.5) is 0 Å². The lowest BCUT2D eigenvalue weighted by atomic mass is 10.3. The van der Waals surface area contributed by atoms with E-state index in [4.69, 9.17) is 0 Å². The zero-order valence-electron chi connectivity index (χ0n) is 9.02. The topological polar surface area (TPSA) is 70.2 Å². The molecule has 5 heteroatoms. The molecule has 0 aliphatic heterocycles. The Morgan fingerprint density at radius 2 is 1.86 bits per heavy atom. The molecule has 0 bridgehead atoms. The first-order chi connectivity index (χ1) is 6.56. The number of amides is 2. The molecule has 0 atom stereocenters. The molecule has 0 aromatic carbocycles. The normalized spacial score (nSPS) is 10.0. The molecule has 0 unspecified atom stereocenters. The number of carbonyl (C=O) groups is 2. The number of hydrogen-bond donors (Lipinski definition) is 3. The second-order valence-corrected chi connectivity index (χ2v) is 3.32. The summed E-state index contributed by atoms with van der Waals surface area (Å²) in [5.41, 5.74) is 0. The summed E-state index contributed by atoms with van der Waals surface area (Å²) in [6, 6.07) is 0.156. The van der Waals surface area contributed by atoms with Crippen molar-refractivity contribution in [1.82, 2.24) is 16.0 Å². The summed E-state index contributed by atoms with van der Waals surface area (Å²) in [7, 11) is 1.59. The van der Waals surface area contributed by atoms with Crippen LogP contribution in [0, 0.1) is 0 Å². The Labute approximate surface area is 84.6 Å². The van der Waals surface area contributed by atoms with Gasteiger partial charge < -0.3 is 16.0 Å². The van der Waals surface area contributed by atoms with Crippen molar-refractivity contribution in [3.8, 4) is 0 Å². The molecule has 0 aliphatic carbocycles. The van der Waals surface area contributed by atoms with Gasteiger partial charge in [0.05, 0.1) is 6.54 Å². The highest BCUT2D eigenvalue weighted by Gasteiger charge is 2.02. The molecule has 3 N–H and O–H groups in total. The average molecular weight is 201 g/mol. The van der Waals surface area contributed by atoms with E-state index in [2.05, 4.69) is 16.0 Å². The first-order valence-corrected chi connectivity index (χ1v) is 4.77. The van der Waals surface area contributed by atoms with Gasteiger partial charge >= 0.3 is 0 Å². The third-order valence-corrected chi connectivity index (χ3v) is 1.54. The predicted octanol–water partition coefficient (Wildman–Crippen LogP) is -0.763. The van der Waals surface area contributed by atoms with E-state index in [1.165, 1.54) is 0 Å². The lowest BCUT2D eigenvalue weighted by Gasteiger charge is -2.08.